The molecule has 2 aromatic carbocycles. The minimum atomic E-state index is -0.486. The monoisotopic (exact) mass is 335 g/mol. The van der Waals surface area contributed by atoms with E-state index < -0.39 is 5.97 Å². The second kappa shape index (κ2) is 6.89. The molecule has 0 unspecified atom stereocenters. The highest BCUT2D eigenvalue weighted by Gasteiger charge is 2.19. The quantitative estimate of drug-likeness (QED) is 0.708. The molecular formula is C20H21N3O2. The summed E-state index contributed by atoms with van der Waals surface area (Å²) in [6, 6.07) is 13.5. The second-order valence-electron chi connectivity index (χ2n) is 6.29. The first-order valence-electron chi connectivity index (χ1n) is 8.26. The maximum absolute atomic E-state index is 12.5. The summed E-state index contributed by atoms with van der Waals surface area (Å²) >= 11 is 0. The molecule has 1 heterocycles. The van der Waals surface area contributed by atoms with Crippen LogP contribution in [0.15, 0.2) is 42.5 Å². The Morgan fingerprint density at radius 3 is 2.32 bits per heavy atom. The van der Waals surface area contributed by atoms with Crippen molar-refractivity contribution in [1.82, 2.24) is 9.97 Å². The molecule has 3 rings (SSSR count). The first-order valence-corrected chi connectivity index (χ1v) is 8.26. The standard InChI is InChI=1S/C20H21N3O2/c1-12(2)25-20(24)18-19(21-15-10-9-13(3)14(4)11-15)23-17-8-6-5-7-16(17)22-18/h5-12H,1-4H3,(H,21,23). The number of rotatable bonds is 4. The molecule has 0 spiro atoms. The van der Waals surface area contributed by atoms with Gasteiger partial charge in [0.2, 0.25) is 0 Å². The maximum Gasteiger partial charge on any atom is 0.361 e. The van der Waals surface area contributed by atoms with Crippen molar-refractivity contribution in [3.63, 3.8) is 0 Å². The highest BCUT2D eigenvalue weighted by molar-refractivity contribution is 5.96. The Balaban J connectivity index is 2.07. The average Bonchev–Trinajstić information content (AvgIpc) is 2.57. The summed E-state index contributed by atoms with van der Waals surface area (Å²) < 4.78 is 5.32. The lowest BCUT2D eigenvalue weighted by atomic mass is 10.1. The van der Waals surface area contributed by atoms with Crippen molar-refractivity contribution in [1.29, 1.82) is 0 Å². The van der Waals surface area contributed by atoms with Crippen molar-refractivity contribution in [3.05, 3.63) is 59.3 Å². The van der Waals surface area contributed by atoms with Crippen LogP contribution < -0.4 is 5.32 Å². The molecule has 1 aromatic heterocycles. The van der Waals surface area contributed by atoms with Crippen molar-refractivity contribution in [2.24, 2.45) is 0 Å². The minimum Gasteiger partial charge on any atom is -0.458 e. The molecule has 0 radical (unpaired) electrons. The molecule has 5 nitrogen and oxygen atoms in total. The highest BCUT2D eigenvalue weighted by atomic mass is 16.5. The van der Waals surface area contributed by atoms with Crippen LogP contribution in [0.1, 0.15) is 35.5 Å². The van der Waals surface area contributed by atoms with Gasteiger partial charge in [-0.15, -0.1) is 0 Å². The number of aromatic nitrogens is 2. The normalized spacial score (nSPS) is 10.9. The smallest absolute Gasteiger partial charge is 0.361 e. The van der Waals surface area contributed by atoms with Crippen molar-refractivity contribution in [3.8, 4) is 0 Å². The lowest BCUT2D eigenvalue weighted by molar-refractivity contribution is 0.0372. The molecule has 0 aliphatic carbocycles. The molecule has 1 N–H and O–H groups in total. The van der Waals surface area contributed by atoms with E-state index in [-0.39, 0.29) is 11.8 Å². The van der Waals surface area contributed by atoms with Crippen LogP contribution in [0.25, 0.3) is 11.0 Å². The van der Waals surface area contributed by atoms with Crippen molar-refractivity contribution in [2.75, 3.05) is 5.32 Å². The third-order valence-electron chi connectivity index (χ3n) is 3.88. The predicted octanol–water partition coefficient (Wildman–Crippen LogP) is 4.56. The van der Waals surface area contributed by atoms with E-state index in [1.54, 1.807) is 0 Å². The van der Waals surface area contributed by atoms with Crippen molar-refractivity contribution in [2.45, 2.75) is 33.8 Å². The van der Waals surface area contributed by atoms with E-state index in [9.17, 15) is 4.79 Å². The molecule has 25 heavy (non-hydrogen) atoms. The first kappa shape index (κ1) is 16.9. The number of hydrogen-bond acceptors (Lipinski definition) is 5. The summed E-state index contributed by atoms with van der Waals surface area (Å²) in [5, 5.41) is 3.21. The molecule has 5 heteroatoms. The Labute approximate surface area is 147 Å². The fourth-order valence-electron chi connectivity index (χ4n) is 2.46. The molecule has 0 amide bonds. The van der Waals surface area contributed by atoms with Gasteiger partial charge in [-0.05, 0) is 63.1 Å². The summed E-state index contributed by atoms with van der Waals surface area (Å²) in [7, 11) is 0. The zero-order valence-electron chi connectivity index (χ0n) is 14.8. The Morgan fingerprint density at radius 1 is 1.00 bits per heavy atom. The number of carbonyl (C=O) groups excluding carboxylic acids is 1. The van der Waals surface area contributed by atoms with Gasteiger partial charge in [-0.1, -0.05) is 18.2 Å². The van der Waals surface area contributed by atoms with E-state index in [4.69, 9.17) is 4.74 Å². The third-order valence-corrected chi connectivity index (χ3v) is 3.88. The van der Waals surface area contributed by atoms with Gasteiger partial charge in [0, 0.05) is 5.69 Å². The van der Waals surface area contributed by atoms with Gasteiger partial charge in [0.05, 0.1) is 17.1 Å². The third kappa shape index (κ3) is 3.76. The number of nitrogens with one attached hydrogen (secondary N) is 1. The van der Waals surface area contributed by atoms with Crippen LogP contribution in [0, 0.1) is 13.8 Å². The number of aryl methyl sites for hydroxylation is 2. The summed E-state index contributed by atoms with van der Waals surface area (Å²) in [5.41, 5.74) is 4.77. The van der Waals surface area contributed by atoms with E-state index in [0.717, 1.165) is 16.8 Å². The first-order chi connectivity index (χ1) is 11.9. The number of carbonyl (C=O) groups is 1. The molecule has 3 aromatic rings. The number of anilines is 2. The topological polar surface area (TPSA) is 64.1 Å². The maximum atomic E-state index is 12.5. The zero-order chi connectivity index (χ0) is 18.0. The molecule has 0 atom stereocenters. The molecule has 0 saturated heterocycles. The highest BCUT2D eigenvalue weighted by Crippen LogP contribution is 2.23. The van der Waals surface area contributed by atoms with Crippen LogP contribution in [0.2, 0.25) is 0 Å². The predicted molar refractivity (Wildman–Crippen MR) is 99.3 cm³/mol. The molecule has 0 aliphatic heterocycles. The van der Waals surface area contributed by atoms with Crippen LogP contribution in [0.4, 0.5) is 11.5 Å². The summed E-state index contributed by atoms with van der Waals surface area (Å²) in [5.74, 6) is -0.0906. The molecule has 0 fully saturated rings. The van der Waals surface area contributed by atoms with Crippen LogP contribution in [0.3, 0.4) is 0 Å². The Bertz CT molecular complexity index is 935. The van der Waals surface area contributed by atoms with E-state index in [1.165, 1.54) is 5.56 Å². The Hall–Kier alpha value is -2.95. The van der Waals surface area contributed by atoms with Gasteiger partial charge in [0.15, 0.2) is 11.5 Å². The van der Waals surface area contributed by atoms with E-state index in [0.29, 0.717) is 11.3 Å². The van der Waals surface area contributed by atoms with Gasteiger partial charge in [-0.25, -0.2) is 14.8 Å². The Kier molecular flexibility index (Phi) is 4.65. The number of esters is 1. The SMILES string of the molecule is Cc1ccc(Nc2nc3ccccc3nc2C(=O)OC(C)C)cc1C. The molecule has 0 saturated carbocycles. The fraction of sp³-hybridized carbons (Fsp3) is 0.250. The van der Waals surface area contributed by atoms with Gasteiger partial charge in [-0.3, -0.25) is 0 Å². The van der Waals surface area contributed by atoms with E-state index in [1.807, 2.05) is 63.2 Å². The van der Waals surface area contributed by atoms with Crippen LogP contribution >= 0.6 is 0 Å². The second-order valence-corrected chi connectivity index (χ2v) is 6.29. The summed E-state index contributed by atoms with van der Waals surface area (Å²) in [4.78, 5) is 21.5. The lowest BCUT2D eigenvalue weighted by Gasteiger charge is -2.13. The average molecular weight is 335 g/mol. The summed E-state index contributed by atoms with van der Waals surface area (Å²) in [6.07, 6.45) is -0.227. The number of fused-ring (bicyclic) bond motifs is 1. The number of hydrogen-bond donors (Lipinski definition) is 1. The van der Waals surface area contributed by atoms with Crippen LogP contribution in [-0.2, 0) is 4.74 Å². The number of nitrogens with zero attached hydrogens (tertiary/aromatic N) is 2. The fourth-order valence-corrected chi connectivity index (χ4v) is 2.46. The summed E-state index contributed by atoms with van der Waals surface area (Å²) in [6.45, 7) is 7.71. The van der Waals surface area contributed by atoms with Gasteiger partial charge in [-0.2, -0.15) is 0 Å². The number of para-hydroxylation sites is 2. The van der Waals surface area contributed by atoms with Crippen molar-refractivity contribution >= 4 is 28.5 Å². The van der Waals surface area contributed by atoms with Gasteiger partial charge in [0.1, 0.15) is 0 Å². The number of benzene rings is 2. The molecule has 0 bridgehead atoms. The Morgan fingerprint density at radius 2 is 1.68 bits per heavy atom. The number of ether oxygens (including phenoxy) is 1. The van der Waals surface area contributed by atoms with Crippen LogP contribution in [-0.4, -0.2) is 22.0 Å². The minimum absolute atomic E-state index is 0.186. The van der Waals surface area contributed by atoms with E-state index in [2.05, 4.69) is 22.2 Å². The lowest BCUT2D eigenvalue weighted by Crippen LogP contribution is -2.16. The molecule has 0 aliphatic rings. The largest absolute Gasteiger partial charge is 0.458 e. The van der Waals surface area contributed by atoms with Gasteiger partial charge >= 0.3 is 5.97 Å². The zero-order valence-corrected chi connectivity index (χ0v) is 14.8. The molecule has 128 valence electrons. The van der Waals surface area contributed by atoms with Gasteiger partial charge < -0.3 is 10.1 Å². The molecular weight excluding hydrogens is 314 g/mol. The van der Waals surface area contributed by atoms with Crippen molar-refractivity contribution < 1.29 is 9.53 Å². The van der Waals surface area contributed by atoms with E-state index >= 15 is 0 Å². The van der Waals surface area contributed by atoms with Crippen LogP contribution in [0.5, 0.6) is 0 Å². The van der Waals surface area contributed by atoms with Gasteiger partial charge in [0.25, 0.3) is 0 Å².